The average molecular weight is 539 g/mol. The predicted octanol–water partition coefficient (Wildman–Crippen LogP) is 3.70. The Balaban J connectivity index is 1.18. The number of halogens is 1. The molecule has 2 saturated heterocycles. The molecular weight excluding hydrogens is 511 g/mol. The quantitative estimate of drug-likeness (QED) is 0.329. The van der Waals surface area contributed by atoms with Gasteiger partial charge in [0.1, 0.15) is 29.8 Å². The van der Waals surface area contributed by atoms with Crippen molar-refractivity contribution in [3.8, 4) is 28.3 Å². The predicted molar refractivity (Wildman–Crippen MR) is 140 cm³/mol. The van der Waals surface area contributed by atoms with Gasteiger partial charge in [-0.15, -0.1) is 0 Å². The molecule has 2 fully saturated rings. The zero-order valence-corrected chi connectivity index (χ0v) is 21.4. The number of aromatic nitrogens is 2. The van der Waals surface area contributed by atoms with Crippen molar-refractivity contribution in [2.24, 2.45) is 0 Å². The number of aliphatic hydroxyl groups is 1. The third kappa shape index (κ3) is 4.91. The van der Waals surface area contributed by atoms with Gasteiger partial charge in [0, 0.05) is 24.8 Å². The van der Waals surface area contributed by atoms with Gasteiger partial charge in [-0.2, -0.15) is 0 Å². The molecule has 0 aliphatic carbocycles. The Hall–Kier alpha value is -2.99. The van der Waals surface area contributed by atoms with Gasteiger partial charge >= 0.3 is 0 Å². The summed E-state index contributed by atoms with van der Waals surface area (Å²) in [7, 11) is 1.59. The molecule has 198 valence electrons. The number of aliphatic hydroxyl groups excluding tert-OH is 1. The fourth-order valence-electron chi connectivity index (χ4n) is 4.88. The minimum absolute atomic E-state index is 0.220. The second-order valence-corrected chi connectivity index (χ2v) is 10.9. The molecule has 2 aromatic carbocycles. The van der Waals surface area contributed by atoms with Gasteiger partial charge in [-0.1, -0.05) is 24.3 Å². The monoisotopic (exact) mass is 538 g/mol. The van der Waals surface area contributed by atoms with Crippen LogP contribution in [0.25, 0.3) is 33.4 Å². The van der Waals surface area contributed by atoms with Gasteiger partial charge < -0.3 is 33.6 Å². The summed E-state index contributed by atoms with van der Waals surface area (Å²) in [6.45, 7) is 0.965. The van der Waals surface area contributed by atoms with Crippen molar-refractivity contribution in [3.05, 3.63) is 66.5 Å². The smallest absolute Gasteiger partial charge is 0.193 e. The molecule has 0 amide bonds. The molecule has 0 bridgehead atoms. The maximum absolute atomic E-state index is 15.0. The van der Waals surface area contributed by atoms with E-state index in [2.05, 4.69) is 9.97 Å². The van der Waals surface area contributed by atoms with Gasteiger partial charge in [-0.05, 0) is 46.6 Å². The summed E-state index contributed by atoms with van der Waals surface area (Å²) in [6.07, 6.45) is -1.76. The molecule has 0 spiro atoms. The van der Waals surface area contributed by atoms with E-state index in [0.29, 0.717) is 41.4 Å². The Labute approximate surface area is 221 Å². The zero-order chi connectivity index (χ0) is 26.2. The highest BCUT2D eigenvalue weighted by atomic mass is 32.2. The first kappa shape index (κ1) is 25.3. The van der Waals surface area contributed by atoms with Gasteiger partial charge in [0.25, 0.3) is 0 Å². The molecule has 8 nitrogen and oxygen atoms in total. The van der Waals surface area contributed by atoms with Crippen LogP contribution in [0.2, 0.25) is 0 Å². The summed E-state index contributed by atoms with van der Waals surface area (Å²) in [5.74, 6) is 0.440. The number of hydrogen-bond donors (Lipinski definition) is 2. The standard InChI is InChI=1S/C28H27FN2O6S/c1-34-10-11-38(33)19-8-6-17(7-9-19)16-2-4-18(5-3-16)26-20(29)12-21-22(31-26)13-25(30-21)37-24-15-36-27-23(32)14-35-28(24)27/h2-9,12-13,23-24,27-28,30,32H,10-11,14-15H2,1H3/t23-,24-,27-,28-,38?/m1/s1. The Morgan fingerprint density at radius 1 is 1.03 bits per heavy atom. The minimum Gasteiger partial charge on any atom is -0.611 e. The van der Waals surface area contributed by atoms with Gasteiger partial charge in [0.05, 0.1) is 30.9 Å². The number of benzene rings is 2. The van der Waals surface area contributed by atoms with Crippen LogP contribution in [0, 0.1) is 5.82 Å². The Bertz CT molecular complexity index is 1410. The van der Waals surface area contributed by atoms with Crippen molar-refractivity contribution in [3.63, 3.8) is 0 Å². The number of nitrogens with one attached hydrogen (secondary N) is 1. The molecule has 4 aromatic rings. The van der Waals surface area contributed by atoms with Crippen molar-refractivity contribution in [1.82, 2.24) is 9.97 Å². The first-order valence-corrected chi connectivity index (χ1v) is 13.7. The lowest BCUT2D eigenvalue weighted by atomic mass is 10.0. The van der Waals surface area contributed by atoms with Crippen molar-refractivity contribution >= 4 is 22.2 Å². The molecular formula is C28H27FN2O6S. The number of rotatable bonds is 8. The highest BCUT2D eigenvalue weighted by Gasteiger charge is 2.48. The molecule has 10 heteroatoms. The van der Waals surface area contributed by atoms with Gasteiger partial charge in [0.2, 0.25) is 0 Å². The normalized spacial score (nSPS) is 23.6. The average Bonchev–Trinajstić information content (AvgIpc) is 3.63. The lowest BCUT2D eigenvalue weighted by Gasteiger charge is -2.16. The third-order valence-corrected chi connectivity index (χ3v) is 8.21. The molecule has 0 saturated carbocycles. The number of H-pyrrole nitrogens is 1. The van der Waals surface area contributed by atoms with Gasteiger partial charge in [-0.3, -0.25) is 0 Å². The van der Waals surface area contributed by atoms with Gasteiger partial charge in [-0.25, -0.2) is 9.37 Å². The number of ether oxygens (including phenoxy) is 4. The Morgan fingerprint density at radius 3 is 2.45 bits per heavy atom. The molecule has 4 heterocycles. The summed E-state index contributed by atoms with van der Waals surface area (Å²) in [6, 6.07) is 18.2. The lowest BCUT2D eigenvalue weighted by Crippen LogP contribution is -2.34. The summed E-state index contributed by atoms with van der Waals surface area (Å²) in [4.78, 5) is 8.36. The largest absolute Gasteiger partial charge is 0.611 e. The Morgan fingerprint density at radius 2 is 1.71 bits per heavy atom. The maximum Gasteiger partial charge on any atom is 0.193 e. The zero-order valence-electron chi connectivity index (χ0n) is 20.6. The van der Waals surface area contributed by atoms with Crippen LogP contribution in [0.4, 0.5) is 4.39 Å². The molecule has 2 aromatic heterocycles. The van der Waals surface area contributed by atoms with E-state index in [-0.39, 0.29) is 24.5 Å². The van der Waals surface area contributed by atoms with Crippen LogP contribution in [0.3, 0.4) is 0 Å². The number of hydrogen-bond acceptors (Lipinski definition) is 7. The van der Waals surface area contributed by atoms with E-state index < -0.39 is 29.2 Å². The maximum atomic E-state index is 15.0. The fourth-order valence-corrected chi connectivity index (χ4v) is 5.87. The van der Waals surface area contributed by atoms with Crippen molar-refractivity contribution < 1.29 is 33.0 Å². The SMILES string of the molecule is COCC[S+]([O-])c1ccc(-c2ccc(-c3nc4cc(O[C@@H]5CO[C@H]6[C@@H]5OC[C@H]6O)[nH]c4cc3F)cc2)cc1. The van der Waals surface area contributed by atoms with E-state index in [1.54, 1.807) is 13.2 Å². The Kier molecular flexibility index (Phi) is 7.08. The second kappa shape index (κ2) is 10.6. The molecule has 2 N–H and O–H groups in total. The number of pyridine rings is 1. The third-order valence-electron chi connectivity index (χ3n) is 6.87. The number of methoxy groups -OCH3 is 1. The number of nitrogens with zero attached hydrogens (tertiary/aromatic N) is 1. The van der Waals surface area contributed by atoms with Crippen LogP contribution in [0.15, 0.2) is 65.6 Å². The molecule has 2 aliphatic heterocycles. The summed E-state index contributed by atoms with van der Waals surface area (Å²) < 4.78 is 49.6. The highest BCUT2D eigenvalue weighted by molar-refractivity contribution is 7.91. The summed E-state index contributed by atoms with van der Waals surface area (Å²) in [5, 5.41) is 9.93. The second-order valence-electron chi connectivity index (χ2n) is 9.35. The molecule has 2 aliphatic rings. The van der Waals surface area contributed by atoms with E-state index >= 15 is 4.39 Å². The molecule has 0 radical (unpaired) electrons. The lowest BCUT2D eigenvalue weighted by molar-refractivity contribution is 0.00794. The first-order valence-electron chi connectivity index (χ1n) is 12.4. The van der Waals surface area contributed by atoms with Crippen LogP contribution in [-0.2, 0) is 25.4 Å². The van der Waals surface area contributed by atoms with Crippen molar-refractivity contribution in [2.45, 2.75) is 29.3 Å². The molecule has 5 atom stereocenters. The topological polar surface area (TPSA) is 109 Å². The summed E-state index contributed by atoms with van der Waals surface area (Å²) >= 11 is -1.10. The van der Waals surface area contributed by atoms with Crippen LogP contribution in [-0.4, -0.2) is 76.7 Å². The number of aromatic amines is 1. The molecule has 38 heavy (non-hydrogen) atoms. The van der Waals surface area contributed by atoms with Crippen molar-refractivity contribution in [1.29, 1.82) is 0 Å². The van der Waals surface area contributed by atoms with Gasteiger partial charge in [0.15, 0.2) is 22.7 Å². The fraction of sp³-hybridized carbons (Fsp3) is 0.321. The van der Waals surface area contributed by atoms with Crippen LogP contribution in [0.5, 0.6) is 5.88 Å². The van der Waals surface area contributed by atoms with Crippen molar-refractivity contribution in [2.75, 3.05) is 32.7 Å². The first-order chi connectivity index (χ1) is 18.5. The number of fused-ring (bicyclic) bond motifs is 2. The van der Waals surface area contributed by atoms with Crippen LogP contribution in [0.1, 0.15) is 0 Å². The minimum atomic E-state index is -1.10. The highest BCUT2D eigenvalue weighted by Crippen LogP contribution is 2.32. The van der Waals surface area contributed by atoms with E-state index in [1.807, 2.05) is 48.5 Å². The molecule has 1 unspecified atom stereocenters. The van der Waals surface area contributed by atoms with Crippen LogP contribution < -0.4 is 4.74 Å². The summed E-state index contributed by atoms with van der Waals surface area (Å²) in [5.41, 5.74) is 3.90. The van der Waals surface area contributed by atoms with E-state index in [9.17, 15) is 9.66 Å². The van der Waals surface area contributed by atoms with E-state index in [1.165, 1.54) is 6.07 Å². The van der Waals surface area contributed by atoms with Crippen LogP contribution >= 0.6 is 0 Å². The van der Waals surface area contributed by atoms with E-state index in [0.717, 1.165) is 16.0 Å². The van der Waals surface area contributed by atoms with E-state index in [4.69, 9.17) is 18.9 Å². The molecule has 6 rings (SSSR count).